The number of amides is 2. The number of benzene rings is 1. The van der Waals surface area contributed by atoms with Gasteiger partial charge in [-0.3, -0.25) is 14.4 Å². The fraction of sp³-hybridized carbons (Fsp3) is 0.609. The standard InChI is InChI=1S/C23H32N2O4/c1-16-7-3-5-9-19(16)22(27)25-13-11-18(12-14-25)23(28)29-15-21(26)24-20-10-6-4-8-17(20)2/h3,5,7,9,17-18,20H,4,6,8,10-15H2,1-2H3,(H,24,26)/t17-,20+/m0/s1. The van der Waals surface area contributed by atoms with Crippen LogP contribution in [0.3, 0.4) is 0 Å². The first-order chi connectivity index (χ1) is 14.0. The van der Waals surface area contributed by atoms with Crippen LogP contribution in [-0.4, -0.2) is 48.4 Å². The number of esters is 1. The second kappa shape index (κ2) is 9.90. The number of ether oxygens (including phenoxy) is 1. The Morgan fingerprint density at radius 2 is 1.76 bits per heavy atom. The van der Waals surface area contributed by atoms with E-state index in [4.69, 9.17) is 4.74 Å². The zero-order valence-electron chi connectivity index (χ0n) is 17.5. The summed E-state index contributed by atoms with van der Waals surface area (Å²) < 4.78 is 5.27. The van der Waals surface area contributed by atoms with Crippen LogP contribution in [0.25, 0.3) is 0 Å². The van der Waals surface area contributed by atoms with Crippen molar-refractivity contribution in [2.24, 2.45) is 11.8 Å². The van der Waals surface area contributed by atoms with E-state index in [0.29, 0.717) is 37.4 Å². The zero-order chi connectivity index (χ0) is 20.8. The molecule has 6 nitrogen and oxygen atoms in total. The van der Waals surface area contributed by atoms with Gasteiger partial charge in [0.25, 0.3) is 11.8 Å². The van der Waals surface area contributed by atoms with E-state index in [9.17, 15) is 14.4 Å². The van der Waals surface area contributed by atoms with E-state index in [1.54, 1.807) is 4.90 Å². The molecule has 0 spiro atoms. The smallest absolute Gasteiger partial charge is 0.309 e. The Kier molecular flexibility index (Phi) is 7.29. The molecule has 1 aromatic carbocycles. The molecule has 2 atom stereocenters. The number of piperidine rings is 1. The van der Waals surface area contributed by atoms with Crippen LogP contribution in [0.2, 0.25) is 0 Å². The monoisotopic (exact) mass is 400 g/mol. The summed E-state index contributed by atoms with van der Waals surface area (Å²) in [6, 6.07) is 7.73. The van der Waals surface area contributed by atoms with Gasteiger partial charge < -0.3 is 15.0 Å². The first kappa shape index (κ1) is 21.3. The molecule has 1 aliphatic carbocycles. The molecule has 6 heteroatoms. The van der Waals surface area contributed by atoms with Crippen molar-refractivity contribution in [3.05, 3.63) is 35.4 Å². The third kappa shape index (κ3) is 5.58. The number of nitrogens with one attached hydrogen (secondary N) is 1. The van der Waals surface area contributed by atoms with Crippen molar-refractivity contribution in [3.63, 3.8) is 0 Å². The summed E-state index contributed by atoms with van der Waals surface area (Å²) in [6.07, 6.45) is 5.61. The van der Waals surface area contributed by atoms with Gasteiger partial charge in [-0.25, -0.2) is 0 Å². The van der Waals surface area contributed by atoms with E-state index in [1.165, 1.54) is 6.42 Å². The van der Waals surface area contributed by atoms with E-state index < -0.39 is 0 Å². The summed E-state index contributed by atoms with van der Waals surface area (Å²) in [4.78, 5) is 39.0. The molecule has 2 fully saturated rings. The highest BCUT2D eigenvalue weighted by Crippen LogP contribution is 2.24. The highest BCUT2D eigenvalue weighted by atomic mass is 16.5. The van der Waals surface area contributed by atoms with Gasteiger partial charge in [-0.2, -0.15) is 0 Å². The molecule has 0 bridgehead atoms. The van der Waals surface area contributed by atoms with Crippen LogP contribution in [0.4, 0.5) is 0 Å². The normalized spacial score (nSPS) is 22.8. The molecule has 158 valence electrons. The summed E-state index contributed by atoms with van der Waals surface area (Å²) in [6.45, 7) is 4.92. The Morgan fingerprint density at radius 1 is 1.07 bits per heavy atom. The molecule has 2 aliphatic rings. The van der Waals surface area contributed by atoms with Gasteiger partial charge in [-0.15, -0.1) is 0 Å². The molecule has 3 rings (SSSR count). The van der Waals surface area contributed by atoms with Crippen molar-refractivity contribution in [3.8, 4) is 0 Å². The number of aryl methyl sites for hydroxylation is 1. The number of hydrogen-bond donors (Lipinski definition) is 1. The van der Waals surface area contributed by atoms with Gasteiger partial charge in [0.05, 0.1) is 5.92 Å². The van der Waals surface area contributed by atoms with Crippen molar-refractivity contribution in [1.29, 1.82) is 0 Å². The molecule has 1 saturated heterocycles. The van der Waals surface area contributed by atoms with Gasteiger partial charge in [0.1, 0.15) is 0 Å². The van der Waals surface area contributed by atoms with Crippen molar-refractivity contribution in [2.45, 2.75) is 58.4 Å². The largest absolute Gasteiger partial charge is 0.455 e. The average Bonchev–Trinajstić information content (AvgIpc) is 2.73. The molecule has 0 aromatic heterocycles. The lowest BCUT2D eigenvalue weighted by atomic mass is 9.86. The van der Waals surface area contributed by atoms with Gasteiger partial charge in [0, 0.05) is 24.7 Å². The maximum Gasteiger partial charge on any atom is 0.309 e. The summed E-state index contributed by atoms with van der Waals surface area (Å²) in [5.74, 6) is -0.323. The lowest BCUT2D eigenvalue weighted by Gasteiger charge is -2.31. The Labute approximate surface area is 173 Å². The molecule has 1 heterocycles. The Hall–Kier alpha value is -2.37. The predicted octanol–water partition coefficient (Wildman–Crippen LogP) is 3.09. The van der Waals surface area contributed by atoms with E-state index >= 15 is 0 Å². The predicted molar refractivity (Wildman–Crippen MR) is 110 cm³/mol. The Morgan fingerprint density at radius 3 is 2.45 bits per heavy atom. The number of likely N-dealkylation sites (tertiary alicyclic amines) is 1. The third-order valence-electron chi connectivity index (χ3n) is 6.29. The molecule has 1 aromatic rings. The highest BCUT2D eigenvalue weighted by Gasteiger charge is 2.30. The summed E-state index contributed by atoms with van der Waals surface area (Å²) >= 11 is 0. The molecule has 1 N–H and O–H groups in total. The fourth-order valence-electron chi connectivity index (χ4n) is 4.34. The minimum absolute atomic E-state index is 0.0101. The molecule has 0 unspecified atom stereocenters. The number of carbonyl (C=O) groups is 3. The van der Waals surface area contributed by atoms with Gasteiger partial charge in [-0.05, 0) is 50.2 Å². The SMILES string of the molecule is Cc1ccccc1C(=O)N1CCC(C(=O)OCC(=O)N[C@@H]2CCCC[C@@H]2C)CC1. The molecule has 2 amide bonds. The van der Waals surface area contributed by atoms with Crippen molar-refractivity contribution in [1.82, 2.24) is 10.2 Å². The summed E-state index contributed by atoms with van der Waals surface area (Å²) in [7, 11) is 0. The van der Waals surface area contributed by atoms with Crippen LogP contribution in [0, 0.1) is 18.8 Å². The topological polar surface area (TPSA) is 75.7 Å². The van der Waals surface area contributed by atoms with Gasteiger partial charge >= 0.3 is 5.97 Å². The minimum Gasteiger partial charge on any atom is -0.455 e. The van der Waals surface area contributed by atoms with Crippen molar-refractivity contribution in [2.75, 3.05) is 19.7 Å². The number of carbonyl (C=O) groups excluding carboxylic acids is 3. The van der Waals surface area contributed by atoms with Gasteiger partial charge in [-0.1, -0.05) is 38.0 Å². The third-order valence-corrected chi connectivity index (χ3v) is 6.29. The second-order valence-electron chi connectivity index (χ2n) is 8.42. The quantitative estimate of drug-likeness (QED) is 0.771. The maximum atomic E-state index is 12.7. The summed E-state index contributed by atoms with van der Waals surface area (Å²) in [5, 5.41) is 3.00. The first-order valence-electron chi connectivity index (χ1n) is 10.8. The lowest BCUT2D eigenvalue weighted by Crippen LogP contribution is -2.44. The molecule has 0 radical (unpaired) electrons. The fourth-order valence-corrected chi connectivity index (χ4v) is 4.34. The van der Waals surface area contributed by atoms with E-state index in [2.05, 4.69) is 12.2 Å². The Balaban J connectivity index is 1.41. The lowest BCUT2D eigenvalue weighted by molar-refractivity contribution is -0.154. The van der Waals surface area contributed by atoms with E-state index in [0.717, 1.165) is 24.8 Å². The molecule has 1 aliphatic heterocycles. The van der Waals surface area contributed by atoms with Gasteiger partial charge in [0.2, 0.25) is 0 Å². The number of nitrogens with zero attached hydrogens (tertiary/aromatic N) is 1. The summed E-state index contributed by atoms with van der Waals surface area (Å²) in [5.41, 5.74) is 1.67. The maximum absolute atomic E-state index is 12.7. The minimum atomic E-state index is -0.333. The van der Waals surface area contributed by atoms with Crippen molar-refractivity contribution < 1.29 is 19.1 Å². The molecule has 29 heavy (non-hydrogen) atoms. The van der Waals surface area contributed by atoms with Crippen LogP contribution < -0.4 is 5.32 Å². The van der Waals surface area contributed by atoms with E-state index in [-0.39, 0.29) is 36.4 Å². The van der Waals surface area contributed by atoms with Crippen LogP contribution in [-0.2, 0) is 14.3 Å². The second-order valence-corrected chi connectivity index (χ2v) is 8.42. The first-order valence-corrected chi connectivity index (χ1v) is 10.8. The number of rotatable bonds is 5. The zero-order valence-corrected chi connectivity index (χ0v) is 17.5. The number of hydrogen-bond acceptors (Lipinski definition) is 4. The Bertz CT molecular complexity index is 740. The van der Waals surface area contributed by atoms with Gasteiger partial charge in [0.15, 0.2) is 6.61 Å². The molecular weight excluding hydrogens is 368 g/mol. The highest BCUT2D eigenvalue weighted by molar-refractivity contribution is 5.95. The average molecular weight is 401 g/mol. The van der Waals surface area contributed by atoms with Crippen LogP contribution in [0.5, 0.6) is 0 Å². The van der Waals surface area contributed by atoms with Crippen LogP contribution in [0.15, 0.2) is 24.3 Å². The molecule has 1 saturated carbocycles. The van der Waals surface area contributed by atoms with Crippen LogP contribution in [0.1, 0.15) is 61.4 Å². The van der Waals surface area contributed by atoms with E-state index in [1.807, 2.05) is 31.2 Å². The van der Waals surface area contributed by atoms with Crippen molar-refractivity contribution >= 4 is 17.8 Å². The van der Waals surface area contributed by atoms with Crippen LogP contribution >= 0.6 is 0 Å². The molecular formula is C23H32N2O4.